The molecule has 1 aromatic carbocycles. The van der Waals surface area contributed by atoms with Gasteiger partial charge >= 0.3 is 0 Å². The number of benzene rings is 1. The van der Waals surface area contributed by atoms with Crippen molar-refractivity contribution >= 4 is 11.6 Å². The molecular weight excluding hydrogens is 210 g/mol. The number of nitrogens with two attached hydrogens (primary N) is 1. The molecule has 0 heterocycles. The summed E-state index contributed by atoms with van der Waals surface area (Å²) in [7, 11) is 0. The number of unbranched alkanes of at least 4 members (excludes halogenated alkanes) is 1. The second-order valence-electron chi connectivity index (χ2n) is 3.87. The number of phenolic OH excluding ortho intramolecular Hbond substituents is 1. The number of aryl methyl sites for hydroxylation is 1. The second-order valence-corrected chi connectivity index (χ2v) is 4.28. The van der Waals surface area contributed by atoms with Crippen molar-refractivity contribution in [1.82, 2.24) is 0 Å². The number of hydrogen-bond acceptors (Lipinski definition) is 2. The highest BCUT2D eigenvalue weighted by Crippen LogP contribution is 2.32. The third-order valence-corrected chi connectivity index (χ3v) is 3.09. The Morgan fingerprint density at radius 2 is 2.00 bits per heavy atom. The highest BCUT2D eigenvalue weighted by atomic mass is 35.5. The molecule has 84 valence electrons. The van der Waals surface area contributed by atoms with Crippen LogP contribution >= 0.6 is 11.6 Å². The number of hydrogen-bond donors (Lipinski definition) is 2. The van der Waals surface area contributed by atoms with Gasteiger partial charge in [-0.15, -0.1) is 0 Å². The lowest BCUT2D eigenvalue weighted by molar-refractivity contribution is 0.462. The first-order chi connectivity index (χ1) is 7.07. The molecule has 0 fully saturated rings. The number of aromatic hydroxyl groups is 1. The predicted molar refractivity (Wildman–Crippen MR) is 64.6 cm³/mol. The molecule has 3 heteroatoms. The molecule has 0 atom stereocenters. The fraction of sp³-hybridized carbons (Fsp3) is 0.500. The number of phenols is 1. The minimum atomic E-state index is 0.344. The molecule has 0 bridgehead atoms. The average molecular weight is 228 g/mol. The number of halogens is 1. The molecular formula is C12H18ClNO. The standard InChI is InChI=1S/C12H18ClNO/c1-8-7-11(13)9(2)12(15)10(8)5-3-4-6-14/h7,15H,3-6,14H2,1-2H3. The fourth-order valence-electron chi connectivity index (χ4n) is 1.67. The van der Waals surface area contributed by atoms with Crippen LogP contribution in [0.3, 0.4) is 0 Å². The molecule has 0 saturated carbocycles. The Morgan fingerprint density at radius 3 is 2.60 bits per heavy atom. The first-order valence-electron chi connectivity index (χ1n) is 5.25. The summed E-state index contributed by atoms with van der Waals surface area (Å²) in [6, 6.07) is 1.91. The van der Waals surface area contributed by atoms with E-state index in [1.54, 1.807) is 0 Å². The van der Waals surface area contributed by atoms with Gasteiger partial charge in [0.1, 0.15) is 5.75 Å². The van der Waals surface area contributed by atoms with E-state index in [9.17, 15) is 5.11 Å². The first-order valence-corrected chi connectivity index (χ1v) is 5.63. The van der Waals surface area contributed by atoms with E-state index in [2.05, 4.69) is 0 Å². The highest BCUT2D eigenvalue weighted by Gasteiger charge is 2.10. The molecule has 0 spiro atoms. The lowest BCUT2D eigenvalue weighted by Gasteiger charge is -2.12. The van der Waals surface area contributed by atoms with E-state index < -0.39 is 0 Å². The van der Waals surface area contributed by atoms with E-state index in [4.69, 9.17) is 17.3 Å². The molecule has 0 unspecified atom stereocenters. The Hall–Kier alpha value is -0.730. The molecule has 0 aliphatic carbocycles. The summed E-state index contributed by atoms with van der Waals surface area (Å²) < 4.78 is 0. The molecule has 0 amide bonds. The zero-order valence-electron chi connectivity index (χ0n) is 9.31. The lowest BCUT2D eigenvalue weighted by Crippen LogP contribution is -2.00. The normalized spacial score (nSPS) is 10.7. The fourth-order valence-corrected chi connectivity index (χ4v) is 1.93. The van der Waals surface area contributed by atoms with Crippen molar-refractivity contribution in [3.8, 4) is 5.75 Å². The third-order valence-electron chi connectivity index (χ3n) is 2.70. The van der Waals surface area contributed by atoms with Crippen molar-refractivity contribution in [2.75, 3.05) is 6.54 Å². The third kappa shape index (κ3) is 2.86. The maximum absolute atomic E-state index is 9.94. The number of rotatable bonds is 4. The van der Waals surface area contributed by atoms with Crippen LogP contribution in [0.5, 0.6) is 5.75 Å². The molecule has 2 nitrogen and oxygen atoms in total. The second kappa shape index (κ2) is 5.38. The van der Waals surface area contributed by atoms with E-state index in [1.807, 2.05) is 19.9 Å². The van der Waals surface area contributed by atoms with Crippen LogP contribution < -0.4 is 5.73 Å². The lowest BCUT2D eigenvalue weighted by atomic mass is 9.99. The Morgan fingerprint density at radius 1 is 1.33 bits per heavy atom. The van der Waals surface area contributed by atoms with Gasteiger partial charge in [0.2, 0.25) is 0 Å². The van der Waals surface area contributed by atoms with Crippen LogP contribution in [0.15, 0.2) is 6.07 Å². The highest BCUT2D eigenvalue weighted by molar-refractivity contribution is 6.31. The average Bonchev–Trinajstić information content (AvgIpc) is 2.20. The van der Waals surface area contributed by atoms with Crippen molar-refractivity contribution in [3.63, 3.8) is 0 Å². The van der Waals surface area contributed by atoms with Crippen LogP contribution in [0.1, 0.15) is 29.5 Å². The predicted octanol–water partition coefficient (Wildman–Crippen LogP) is 2.94. The van der Waals surface area contributed by atoms with E-state index in [0.717, 1.165) is 36.0 Å². The Labute approximate surface area is 96.1 Å². The molecule has 15 heavy (non-hydrogen) atoms. The van der Waals surface area contributed by atoms with Gasteiger partial charge in [0.05, 0.1) is 0 Å². The van der Waals surface area contributed by atoms with Gasteiger partial charge in [-0.1, -0.05) is 11.6 Å². The van der Waals surface area contributed by atoms with E-state index in [0.29, 0.717) is 17.3 Å². The minimum absolute atomic E-state index is 0.344. The van der Waals surface area contributed by atoms with Gasteiger partial charge < -0.3 is 10.8 Å². The molecule has 0 saturated heterocycles. The van der Waals surface area contributed by atoms with Crippen molar-refractivity contribution in [3.05, 3.63) is 27.8 Å². The van der Waals surface area contributed by atoms with Gasteiger partial charge in [-0.25, -0.2) is 0 Å². The topological polar surface area (TPSA) is 46.2 Å². The summed E-state index contributed by atoms with van der Waals surface area (Å²) in [6.45, 7) is 4.51. The van der Waals surface area contributed by atoms with Gasteiger partial charge in [-0.05, 0) is 56.8 Å². The van der Waals surface area contributed by atoms with Gasteiger partial charge in [0, 0.05) is 10.6 Å². The molecule has 0 aliphatic rings. The monoisotopic (exact) mass is 227 g/mol. The van der Waals surface area contributed by atoms with Crippen LogP contribution in [0.25, 0.3) is 0 Å². The van der Waals surface area contributed by atoms with Crippen molar-refractivity contribution in [2.45, 2.75) is 33.1 Å². The molecule has 0 aromatic heterocycles. The molecule has 0 aliphatic heterocycles. The van der Waals surface area contributed by atoms with Crippen molar-refractivity contribution in [2.24, 2.45) is 5.73 Å². The Kier molecular flexibility index (Phi) is 4.43. The van der Waals surface area contributed by atoms with Crippen molar-refractivity contribution in [1.29, 1.82) is 0 Å². The van der Waals surface area contributed by atoms with E-state index in [-0.39, 0.29) is 0 Å². The summed E-state index contributed by atoms with van der Waals surface area (Å²) >= 11 is 5.97. The molecule has 1 rings (SSSR count). The quantitative estimate of drug-likeness (QED) is 0.777. The minimum Gasteiger partial charge on any atom is -0.507 e. The van der Waals surface area contributed by atoms with Crippen LogP contribution in [-0.2, 0) is 6.42 Å². The first kappa shape index (κ1) is 12.3. The molecule has 0 radical (unpaired) electrons. The smallest absolute Gasteiger partial charge is 0.123 e. The maximum Gasteiger partial charge on any atom is 0.123 e. The van der Waals surface area contributed by atoms with Crippen LogP contribution in [0, 0.1) is 13.8 Å². The molecule has 1 aromatic rings. The van der Waals surface area contributed by atoms with Gasteiger partial charge in [0.15, 0.2) is 0 Å². The van der Waals surface area contributed by atoms with Crippen molar-refractivity contribution < 1.29 is 5.11 Å². The summed E-state index contributed by atoms with van der Waals surface area (Å²) in [4.78, 5) is 0. The summed E-state index contributed by atoms with van der Waals surface area (Å²) in [5, 5.41) is 10.6. The Balaban J connectivity index is 2.92. The summed E-state index contributed by atoms with van der Waals surface area (Å²) in [6.07, 6.45) is 2.86. The summed E-state index contributed by atoms with van der Waals surface area (Å²) in [5.74, 6) is 0.344. The van der Waals surface area contributed by atoms with Crippen LogP contribution in [-0.4, -0.2) is 11.7 Å². The zero-order valence-corrected chi connectivity index (χ0v) is 10.1. The van der Waals surface area contributed by atoms with Crippen LogP contribution in [0.2, 0.25) is 5.02 Å². The van der Waals surface area contributed by atoms with Gasteiger partial charge in [-0.2, -0.15) is 0 Å². The Bertz CT molecular complexity index is 350. The largest absolute Gasteiger partial charge is 0.507 e. The maximum atomic E-state index is 9.94. The van der Waals surface area contributed by atoms with E-state index in [1.165, 1.54) is 0 Å². The van der Waals surface area contributed by atoms with Crippen LogP contribution in [0.4, 0.5) is 0 Å². The van der Waals surface area contributed by atoms with Gasteiger partial charge in [0.25, 0.3) is 0 Å². The zero-order chi connectivity index (χ0) is 11.4. The molecule has 3 N–H and O–H groups in total. The van der Waals surface area contributed by atoms with E-state index >= 15 is 0 Å². The summed E-state index contributed by atoms with van der Waals surface area (Å²) in [5.41, 5.74) is 8.27. The SMILES string of the molecule is Cc1cc(Cl)c(C)c(O)c1CCCCN. The van der Waals surface area contributed by atoms with Gasteiger partial charge in [-0.3, -0.25) is 0 Å².